The molecule has 0 aromatic rings. The van der Waals surface area contributed by atoms with Crippen molar-refractivity contribution in [2.75, 3.05) is 7.11 Å². The molecule has 0 heterocycles. The summed E-state index contributed by atoms with van der Waals surface area (Å²) in [4.78, 5) is 10.9. The minimum Gasteiger partial charge on any atom is -0.469 e. The van der Waals surface area contributed by atoms with E-state index in [9.17, 15) is 9.90 Å². The standard InChI is InChI=1S/C8H14O3/c1-8(2,10)6-4-5(6)7(9)11-3/h5-6,10H,4H2,1-3H3. The van der Waals surface area contributed by atoms with Crippen LogP contribution in [0, 0.1) is 11.8 Å². The van der Waals surface area contributed by atoms with Crippen LogP contribution in [0.5, 0.6) is 0 Å². The highest BCUT2D eigenvalue weighted by Crippen LogP contribution is 2.46. The molecule has 2 unspecified atom stereocenters. The molecule has 0 aromatic carbocycles. The second kappa shape index (κ2) is 2.48. The molecule has 2 atom stereocenters. The topological polar surface area (TPSA) is 46.5 Å². The van der Waals surface area contributed by atoms with Crippen molar-refractivity contribution in [1.29, 1.82) is 0 Å². The van der Waals surface area contributed by atoms with Gasteiger partial charge in [-0.15, -0.1) is 0 Å². The summed E-state index contributed by atoms with van der Waals surface area (Å²) in [5, 5.41) is 9.46. The maximum atomic E-state index is 10.9. The Kier molecular flexibility index (Phi) is 1.92. The first kappa shape index (κ1) is 8.53. The van der Waals surface area contributed by atoms with Crippen molar-refractivity contribution >= 4 is 5.97 Å². The quantitative estimate of drug-likeness (QED) is 0.597. The van der Waals surface area contributed by atoms with Crippen LogP contribution in [0.4, 0.5) is 0 Å². The normalized spacial score (nSPS) is 29.8. The third-order valence-electron chi connectivity index (χ3n) is 2.20. The van der Waals surface area contributed by atoms with Crippen molar-refractivity contribution in [1.82, 2.24) is 0 Å². The van der Waals surface area contributed by atoms with E-state index in [-0.39, 0.29) is 17.8 Å². The average Bonchev–Trinajstić information content (AvgIpc) is 2.62. The Morgan fingerprint density at radius 3 is 2.45 bits per heavy atom. The summed E-state index contributed by atoms with van der Waals surface area (Å²) in [6.45, 7) is 3.45. The van der Waals surface area contributed by atoms with Gasteiger partial charge in [-0.2, -0.15) is 0 Å². The highest BCUT2D eigenvalue weighted by atomic mass is 16.5. The third-order valence-corrected chi connectivity index (χ3v) is 2.20. The Morgan fingerprint density at radius 2 is 2.18 bits per heavy atom. The fourth-order valence-electron chi connectivity index (χ4n) is 1.39. The molecule has 1 fully saturated rings. The SMILES string of the molecule is COC(=O)C1CC1C(C)(C)O. The molecular formula is C8H14O3. The number of hydrogen-bond donors (Lipinski definition) is 1. The monoisotopic (exact) mass is 158 g/mol. The van der Waals surface area contributed by atoms with Gasteiger partial charge in [0.1, 0.15) is 0 Å². The minimum absolute atomic E-state index is 0.0694. The molecular weight excluding hydrogens is 144 g/mol. The lowest BCUT2D eigenvalue weighted by molar-refractivity contribution is -0.143. The van der Waals surface area contributed by atoms with Gasteiger partial charge in [0.05, 0.1) is 18.6 Å². The van der Waals surface area contributed by atoms with E-state index in [4.69, 9.17) is 0 Å². The van der Waals surface area contributed by atoms with Crippen molar-refractivity contribution in [3.63, 3.8) is 0 Å². The van der Waals surface area contributed by atoms with Gasteiger partial charge in [0.25, 0.3) is 0 Å². The van der Waals surface area contributed by atoms with Crippen LogP contribution in [0.2, 0.25) is 0 Å². The van der Waals surface area contributed by atoms with E-state index in [1.165, 1.54) is 7.11 Å². The van der Waals surface area contributed by atoms with Crippen molar-refractivity contribution in [3.05, 3.63) is 0 Å². The summed E-state index contributed by atoms with van der Waals surface area (Å²) < 4.78 is 4.55. The maximum absolute atomic E-state index is 10.9. The fourth-order valence-corrected chi connectivity index (χ4v) is 1.39. The van der Waals surface area contributed by atoms with Crippen LogP contribution in [0.15, 0.2) is 0 Å². The number of carbonyl (C=O) groups excluding carboxylic acids is 1. The molecule has 11 heavy (non-hydrogen) atoms. The molecule has 3 nitrogen and oxygen atoms in total. The number of ether oxygens (including phenoxy) is 1. The van der Waals surface area contributed by atoms with Gasteiger partial charge in [-0.05, 0) is 20.3 Å². The lowest BCUT2D eigenvalue weighted by atomic mass is 10.0. The van der Waals surface area contributed by atoms with E-state index in [1.807, 2.05) is 0 Å². The summed E-state index contributed by atoms with van der Waals surface area (Å²) in [5.74, 6) is -0.174. The Morgan fingerprint density at radius 1 is 1.64 bits per heavy atom. The van der Waals surface area contributed by atoms with Crippen LogP contribution >= 0.6 is 0 Å². The molecule has 0 aromatic heterocycles. The Labute approximate surface area is 66.4 Å². The molecule has 0 radical (unpaired) electrons. The van der Waals surface area contributed by atoms with Gasteiger partial charge in [-0.1, -0.05) is 0 Å². The van der Waals surface area contributed by atoms with Gasteiger partial charge in [0.15, 0.2) is 0 Å². The van der Waals surface area contributed by atoms with E-state index in [2.05, 4.69) is 4.74 Å². The zero-order valence-corrected chi connectivity index (χ0v) is 7.13. The highest BCUT2D eigenvalue weighted by Gasteiger charge is 2.51. The van der Waals surface area contributed by atoms with Crippen LogP contribution in [-0.4, -0.2) is 23.8 Å². The summed E-state index contributed by atoms with van der Waals surface area (Å²) in [6, 6.07) is 0. The van der Waals surface area contributed by atoms with Crippen LogP contribution in [0.1, 0.15) is 20.3 Å². The molecule has 0 aliphatic heterocycles. The highest BCUT2D eigenvalue weighted by molar-refractivity contribution is 5.75. The van der Waals surface area contributed by atoms with E-state index < -0.39 is 5.60 Å². The summed E-state index contributed by atoms with van der Waals surface area (Å²) in [7, 11) is 1.38. The van der Waals surface area contributed by atoms with Crippen molar-refractivity contribution in [2.45, 2.75) is 25.9 Å². The lowest BCUT2D eigenvalue weighted by Crippen LogP contribution is -2.24. The predicted octanol–water partition coefficient (Wildman–Crippen LogP) is 0.566. The molecule has 0 saturated heterocycles. The minimum atomic E-state index is -0.737. The molecule has 1 N–H and O–H groups in total. The number of esters is 1. The molecule has 1 saturated carbocycles. The molecule has 1 aliphatic carbocycles. The molecule has 0 bridgehead atoms. The van der Waals surface area contributed by atoms with Gasteiger partial charge >= 0.3 is 5.97 Å². The second-order valence-electron chi connectivity index (χ2n) is 3.63. The lowest BCUT2D eigenvalue weighted by Gasteiger charge is -2.15. The number of aliphatic hydroxyl groups is 1. The van der Waals surface area contributed by atoms with Gasteiger partial charge < -0.3 is 9.84 Å². The van der Waals surface area contributed by atoms with E-state index in [1.54, 1.807) is 13.8 Å². The predicted molar refractivity (Wildman–Crippen MR) is 39.9 cm³/mol. The Bertz CT molecular complexity index is 169. The van der Waals surface area contributed by atoms with Crippen molar-refractivity contribution in [3.8, 4) is 0 Å². The zero-order chi connectivity index (χ0) is 8.65. The van der Waals surface area contributed by atoms with Crippen molar-refractivity contribution < 1.29 is 14.6 Å². The molecule has 1 aliphatic rings. The Hall–Kier alpha value is -0.570. The zero-order valence-electron chi connectivity index (χ0n) is 7.13. The van der Waals surface area contributed by atoms with Crippen molar-refractivity contribution in [2.24, 2.45) is 11.8 Å². The molecule has 0 amide bonds. The average molecular weight is 158 g/mol. The van der Waals surface area contributed by atoms with Crippen LogP contribution < -0.4 is 0 Å². The first-order chi connectivity index (χ1) is 4.96. The number of rotatable bonds is 2. The first-order valence-corrected chi connectivity index (χ1v) is 3.77. The Balaban J connectivity index is 2.44. The molecule has 0 spiro atoms. The third kappa shape index (κ3) is 1.71. The molecule has 64 valence electrons. The number of carbonyl (C=O) groups is 1. The van der Waals surface area contributed by atoms with E-state index >= 15 is 0 Å². The maximum Gasteiger partial charge on any atom is 0.309 e. The fraction of sp³-hybridized carbons (Fsp3) is 0.875. The van der Waals surface area contributed by atoms with Gasteiger partial charge in [-0.3, -0.25) is 4.79 Å². The van der Waals surface area contributed by atoms with Crippen LogP contribution in [-0.2, 0) is 9.53 Å². The largest absolute Gasteiger partial charge is 0.469 e. The summed E-state index contributed by atoms with van der Waals surface area (Å²) in [6.07, 6.45) is 0.760. The van der Waals surface area contributed by atoms with Gasteiger partial charge in [0.2, 0.25) is 0 Å². The van der Waals surface area contributed by atoms with Crippen LogP contribution in [0.25, 0.3) is 0 Å². The smallest absolute Gasteiger partial charge is 0.309 e. The van der Waals surface area contributed by atoms with Gasteiger partial charge in [0, 0.05) is 5.92 Å². The second-order valence-corrected chi connectivity index (χ2v) is 3.63. The first-order valence-electron chi connectivity index (χ1n) is 3.77. The van der Waals surface area contributed by atoms with E-state index in [0.29, 0.717) is 0 Å². The number of methoxy groups -OCH3 is 1. The molecule has 1 rings (SSSR count). The summed E-state index contributed by atoms with van der Waals surface area (Å²) in [5.41, 5.74) is -0.737. The van der Waals surface area contributed by atoms with E-state index in [0.717, 1.165) is 6.42 Å². The number of hydrogen-bond acceptors (Lipinski definition) is 3. The molecule has 3 heteroatoms. The van der Waals surface area contributed by atoms with Crippen LogP contribution in [0.3, 0.4) is 0 Å². The van der Waals surface area contributed by atoms with Gasteiger partial charge in [-0.25, -0.2) is 0 Å². The summed E-state index contributed by atoms with van der Waals surface area (Å²) >= 11 is 0.